The highest BCUT2D eigenvalue weighted by molar-refractivity contribution is 6.99. The first-order chi connectivity index (χ1) is 20.3. The summed E-state index contributed by atoms with van der Waals surface area (Å²) >= 11 is 0. The van der Waals surface area contributed by atoms with Crippen molar-refractivity contribution in [3.8, 4) is 0 Å². The topological polar surface area (TPSA) is 63.2 Å². The largest absolute Gasteiger partial charge is 0.407 e. The highest BCUT2D eigenvalue weighted by Gasteiger charge is 2.55. The summed E-state index contributed by atoms with van der Waals surface area (Å²) in [6.07, 6.45) is 8.46. The molecular weight excluding hydrogens is 544 g/mol. The molecule has 42 heavy (non-hydrogen) atoms. The van der Waals surface area contributed by atoms with Crippen molar-refractivity contribution in [3.05, 3.63) is 72.3 Å². The maximum Gasteiger partial charge on any atom is 0.261 e. The molecule has 0 amide bonds. The van der Waals surface area contributed by atoms with E-state index < -0.39 is 8.32 Å². The maximum atomic E-state index is 12.2. The van der Waals surface area contributed by atoms with Gasteiger partial charge in [-0.15, -0.1) is 0 Å². The molecule has 6 nitrogen and oxygen atoms in total. The summed E-state index contributed by atoms with van der Waals surface area (Å²) in [4.78, 5) is 12.2. The number of ether oxygens (including phenoxy) is 4. The molecule has 230 valence electrons. The van der Waals surface area contributed by atoms with Crippen LogP contribution < -0.4 is 10.4 Å². The normalized spacial score (nSPS) is 24.3. The van der Waals surface area contributed by atoms with Crippen LogP contribution in [0.1, 0.15) is 59.3 Å². The van der Waals surface area contributed by atoms with Crippen molar-refractivity contribution < 1.29 is 28.2 Å². The van der Waals surface area contributed by atoms with Crippen LogP contribution in [-0.2, 0) is 28.2 Å². The predicted molar refractivity (Wildman–Crippen MR) is 169 cm³/mol. The molecule has 4 rings (SSSR count). The molecule has 2 aromatic rings. The van der Waals surface area contributed by atoms with E-state index in [1.54, 1.807) is 14.2 Å². The van der Waals surface area contributed by atoms with E-state index in [4.69, 9.17) is 23.4 Å². The Kier molecular flexibility index (Phi) is 11.7. The third kappa shape index (κ3) is 6.82. The van der Waals surface area contributed by atoms with E-state index in [0.717, 1.165) is 38.4 Å². The predicted octanol–water partition coefficient (Wildman–Crippen LogP) is 5.88. The first kappa shape index (κ1) is 32.8. The van der Waals surface area contributed by atoms with Crippen LogP contribution in [0.4, 0.5) is 0 Å². The minimum atomic E-state index is -2.59. The summed E-state index contributed by atoms with van der Waals surface area (Å²) in [6, 6.07) is 21.6. The maximum absolute atomic E-state index is 12.2. The molecule has 0 aromatic heterocycles. The number of allylic oxidation sites excluding steroid dienone is 1. The van der Waals surface area contributed by atoms with Crippen LogP contribution in [0.2, 0.25) is 5.04 Å². The molecule has 7 heteroatoms. The van der Waals surface area contributed by atoms with Gasteiger partial charge in [-0.1, -0.05) is 93.1 Å². The summed E-state index contributed by atoms with van der Waals surface area (Å²) in [5.74, 6) is 0.708. The van der Waals surface area contributed by atoms with E-state index >= 15 is 0 Å². The molecule has 4 atom stereocenters. The quantitative estimate of drug-likeness (QED) is 0.0795. The summed E-state index contributed by atoms with van der Waals surface area (Å²) in [6.45, 7) is 8.74. The van der Waals surface area contributed by atoms with Crippen LogP contribution in [0.5, 0.6) is 0 Å². The van der Waals surface area contributed by atoms with Gasteiger partial charge >= 0.3 is 0 Å². The summed E-state index contributed by atoms with van der Waals surface area (Å²) in [5, 5.41) is 2.53. The average Bonchev–Trinajstić information content (AvgIpc) is 3.34. The lowest BCUT2D eigenvalue weighted by Gasteiger charge is -2.49. The standard InChI is InChI=1S/C35H50O6Si/c1-34(2,3)42(31-14-8-6-9-15-31,32-16-10-7-11-17-32)41-22-12-13-29-18-19-30-23-28(25-39-26-37-4)24-33(40-27-38-5)35(29,30)20-21-36/h6-11,14-18,21,28,30,33H,12-13,19-20,22-27H2,1-5H3/t28?,30-,33?,35?/m1/s1. The molecule has 0 heterocycles. The van der Waals surface area contributed by atoms with Crippen LogP contribution in [-0.4, -0.2) is 61.7 Å². The van der Waals surface area contributed by atoms with Crippen molar-refractivity contribution in [1.29, 1.82) is 0 Å². The van der Waals surface area contributed by atoms with Gasteiger partial charge in [-0.3, -0.25) is 0 Å². The van der Waals surface area contributed by atoms with E-state index in [1.807, 2.05) is 0 Å². The molecule has 0 N–H and O–H groups in total. The smallest absolute Gasteiger partial charge is 0.261 e. The summed E-state index contributed by atoms with van der Waals surface area (Å²) in [5.41, 5.74) is 1.05. The first-order valence-corrected chi connectivity index (χ1v) is 17.3. The molecular formula is C35H50O6Si. The van der Waals surface area contributed by atoms with Crippen LogP contribution in [0.25, 0.3) is 0 Å². The molecule has 2 aromatic carbocycles. The lowest BCUT2D eigenvalue weighted by atomic mass is 9.58. The molecule has 2 aliphatic carbocycles. The molecule has 0 bridgehead atoms. The van der Waals surface area contributed by atoms with Gasteiger partial charge in [0.05, 0.1) is 12.7 Å². The van der Waals surface area contributed by atoms with Crippen LogP contribution in [0, 0.1) is 17.3 Å². The molecule has 2 aliphatic rings. The number of carbonyl (C=O) groups is 1. The number of methoxy groups -OCH3 is 2. The van der Waals surface area contributed by atoms with Gasteiger partial charge in [0.25, 0.3) is 8.32 Å². The third-order valence-electron chi connectivity index (χ3n) is 9.40. The molecule has 3 unspecified atom stereocenters. The number of aldehydes is 1. The Morgan fingerprint density at radius 3 is 2.14 bits per heavy atom. The van der Waals surface area contributed by atoms with Gasteiger partial charge < -0.3 is 28.2 Å². The minimum Gasteiger partial charge on any atom is -0.407 e. The van der Waals surface area contributed by atoms with Gasteiger partial charge in [-0.05, 0) is 59.4 Å². The first-order valence-electron chi connectivity index (χ1n) is 15.4. The molecule has 0 saturated heterocycles. The fraction of sp³-hybridized carbons (Fsp3) is 0.571. The monoisotopic (exact) mass is 594 g/mol. The fourth-order valence-corrected chi connectivity index (χ4v) is 12.3. The van der Waals surface area contributed by atoms with E-state index in [1.165, 1.54) is 15.9 Å². The Balaban J connectivity index is 1.54. The van der Waals surface area contributed by atoms with Gasteiger partial charge in [-0.2, -0.15) is 0 Å². The van der Waals surface area contributed by atoms with Crippen LogP contribution >= 0.6 is 0 Å². The Hall–Kier alpha value is -2.13. The Morgan fingerprint density at radius 1 is 0.929 bits per heavy atom. The lowest BCUT2D eigenvalue weighted by Crippen LogP contribution is -2.66. The van der Waals surface area contributed by atoms with Gasteiger partial charge in [0.15, 0.2) is 0 Å². The van der Waals surface area contributed by atoms with E-state index in [2.05, 4.69) is 87.5 Å². The highest BCUT2D eigenvalue weighted by Crippen LogP contribution is 2.58. The fourth-order valence-electron chi connectivity index (χ4n) is 7.69. The van der Waals surface area contributed by atoms with Crippen molar-refractivity contribution in [3.63, 3.8) is 0 Å². The van der Waals surface area contributed by atoms with Crippen LogP contribution in [0.15, 0.2) is 72.3 Å². The number of fused-ring (bicyclic) bond motifs is 1. The zero-order valence-corrected chi connectivity index (χ0v) is 27.2. The number of carbonyl (C=O) groups excluding carboxylic acids is 1. The molecule has 1 saturated carbocycles. The zero-order chi connectivity index (χ0) is 30.1. The third-order valence-corrected chi connectivity index (χ3v) is 14.4. The number of hydrogen-bond donors (Lipinski definition) is 0. The second-order valence-electron chi connectivity index (χ2n) is 12.9. The Morgan fingerprint density at radius 2 is 1.57 bits per heavy atom. The number of hydrogen-bond acceptors (Lipinski definition) is 6. The van der Waals surface area contributed by atoms with Gasteiger partial charge in [0.2, 0.25) is 0 Å². The van der Waals surface area contributed by atoms with E-state index in [0.29, 0.717) is 38.3 Å². The molecule has 0 spiro atoms. The molecule has 0 aliphatic heterocycles. The van der Waals surface area contributed by atoms with Crippen LogP contribution in [0.3, 0.4) is 0 Å². The van der Waals surface area contributed by atoms with Gasteiger partial charge in [-0.25, -0.2) is 0 Å². The highest BCUT2D eigenvalue weighted by atomic mass is 28.4. The van der Waals surface area contributed by atoms with Crippen molar-refractivity contribution >= 4 is 25.0 Å². The Bertz CT molecular complexity index is 1090. The van der Waals surface area contributed by atoms with Crippen molar-refractivity contribution in [2.45, 2.75) is 70.4 Å². The number of benzene rings is 2. The Labute approximate surface area is 253 Å². The van der Waals surface area contributed by atoms with E-state index in [9.17, 15) is 4.79 Å². The van der Waals surface area contributed by atoms with Crippen molar-refractivity contribution in [1.82, 2.24) is 0 Å². The minimum absolute atomic E-state index is 0.0610. The SMILES string of the molecule is COCOCC1CC(OCOC)C2(CC=O)C(CCCO[Si](c3ccccc3)(c3ccccc3)C(C)(C)C)=CC[C@@H]2C1. The summed E-state index contributed by atoms with van der Waals surface area (Å²) < 4.78 is 29.7. The molecule has 0 radical (unpaired) electrons. The number of rotatable bonds is 16. The van der Waals surface area contributed by atoms with Gasteiger partial charge in [0, 0.05) is 32.7 Å². The average molecular weight is 595 g/mol. The molecule has 1 fully saturated rings. The van der Waals surface area contributed by atoms with Crippen molar-refractivity contribution in [2.75, 3.05) is 41.0 Å². The van der Waals surface area contributed by atoms with E-state index in [-0.39, 0.29) is 23.4 Å². The zero-order valence-electron chi connectivity index (χ0n) is 26.2. The van der Waals surface area contributed by atoms with Gasteiger partial charge in [0.1, 0.15) is 19.9 Å². The second kappa shape index (κ2) is 15.0. The van der Waals surface area contributed by atoms with Crippen molar-refractivity contribution in [2.24, 2.45) is 17.3 Å². The summed E-state index contributed by atoms with van der Waals surface area (Å²) in [7, 11) is 0.704. The second-order valence-corrected chi connectivity index (χ2v) is 17.2. The lowest BCUT2D eigenvalue weighted by molar-refractivity contribution is -0.157.